The highest BCUT2D eigenvalue weighted by Crippen LogP contribution is 2.28. The van der Waals surface area contributed by atoms with E-state index < -0.39 is 15.9 Å². The van der Waals surface area contributed by atoms with E-state index in [2.05, 4.69) is 20.4 Å². The lowest BCUT2D eigenvalue weighted by Crippen LogP contribution is -2.44. The van der Waals surface area contributed by atoms with Gasteiger partial charge in [0.1, 0.15) is 10.6 Å². The van der Waals surface area contributed by atoms with Gasteiger partial charge in [0.05, 0.1) is 17.0 Å². The van der Waals surface area contributed by atoms with Gasteiger partial charge in [-0.3, -0.25) is 10.1 Å². The summed E-state index contributed by atoms with van der Waals surface area (Å²) in [4.78, 5) is 20.2. The summed E-state index contributed by atoms with van der Waals surface area (Å²) >= 11 is 0. The van der Waals surface area contributed by atoms with Crippen LogP contribution in [0.5, 0.6) is 0 Å². The first-order valence-corrected chi connectivity index (χ1v) is 10.5. The van der Waals surface area contributed by atoms with E-state index in [1.54, 1.807) is 13.8 Å². The van der Waals surface area contributed by atoms with Crippen LogP contribution < -0.4 is 5.32 Å². The first kappa shape index (κ1) is 18.6. The van der Waals surface area contributed by atoms with E-state index in [1.807, 2.05) is 24.3 Å². The van der Waals surface area contributed by atoms with Gasteiger partial charge in [-0.05, 0) is 38.8 Å². The second-order valence-electron chi connectivity index (χ2n) is 6.95. The van der Waals surface area contributed by atoms with E-state index in [4.69, 9.17) is 4.52 Å². The molecule has 0 spiro atoms. The molecule has 0 bridgehead atoms. The molecule has 10 heteroatoms. The van der Waals surface area contributed by atoms with Crippen molar-refractivity contribution in [2.24, 2.45) is 5.92 Å². The molecule has 0 unspecified atom stereocenters. The predicted molar refractivity (Wildman–Crippen MR) is 102 cm³/mol. The second kappa shape index (κ2) is 7.02. The number of aromatic nitrogens is 3. The summed E-state index contributed by atoms with van der Waals surface area (Å²) < 4.78 is 32.4. The van der Waals surface area contributed by atoms with Crippen molar-refractivity contribution < 1.29 is 17.7 Å². The fourth-order valence-corrected chi connectivity index (χ4v) is 5.39. The zero-order valence-electron chi connectivity index (χ0n) is 15.6. The third-order valence-corrected chi connectivity index (χ3v) is 7.06. The van der Waals surface area contributed by atoms with Crippen LogP contribution in [0.2, 0.25) is 0 Å². The van der Waals surface area contributed by atoms with Gasteiger partial charge < -0.3 is 9.51 Å². The molecule has 1 amide bonds. The molecule has 3 aromatic rings. The Bertz CT molecular complexity index is 1080. The fraction of sp³-hybridized carbons (Fsp3) is 0.389. The fourth-order valence-electron chi connectivity index (χ4n) is 3.58. The quantitative estimate of drug-likeness (QED) is 0.689. The van der Waals surface area contributed by atoms with E-state index in [0.29, 0.717) is 31.0 Å². The van der Waals surface area contributed by atoms with Gasteiger partial charge in [0.2, 0.25) is 21.9 Å². The number of anilines is 1. The number of aromatic amines is 1. The van der Waals surface area contributed by atoms with Crippen LogP contribution in [-0.4, -0.2) is 46.8 Å². The van der Waals surface area contributed by atoms with Gasteiger partial charge in [-0.1, -0.05) is 17.3 Å². The Morgan fingerprint density at radius 1 is 1.32 bits per heavy atom. The molecule has 1 atom stereocenters. The summed E-state index contributed by atoms with van der Waals surface area (Å²) in [5.74, 6) is -0.0989. The summed E-state index contributed by atoms with van der Waals surface area (Å²) in [5, 5.41) is 6.51. The van der Waals surface area contributed by atoms with E-state index in [0.717, 1.165) is 11.0 Å². The first-order valence-electron chi connectivity index (χ1n) is 9.05. The summed E-state index contributed by atoms with van der Waals surface area (Å²) in [6.07, 6.45) is 1.21. The van der Waals surface area contributed by atoms with Gasteiger partial charge >= 0.3 is 0 Å². The number of rotatable bonds is 4. The van der Waals surface area contributed by atoms with Crippen LogP contribution in [0.1, 0.15) is 24.3 Å². The van der Waals surface area contributed by atoms with Crippen LogP contribution in [0.4, 0.5) is 5.95 Å². The van der Waals surface area contributed by atoms with Crippen LogP contribution in [0.25, 0.3) is 11.0 Å². The molecule has 3 heterocycles. The molecule has 9 nitrogen and oxygen atoms in total. The molecule has 4 rings (SSSR count). The highest BCUT2D eigenvalue weighted by atomic mass is 32.2. The van der Waals surface area contributed by atoms with Crippen LogP contribution in [0.3, 0.4) is 0 Å². The van der Waals surface area contributed by atoms with Crippen molar-refractivity contribution in [3.8, 4) is 0 Å². The van der Waals surface area contributed by atoms with Gasteiger partial charge in [-0.2, -0.15) is 4.31 Å². The van der Waals surface area contributed by atoms with Gasteiger partial charge in [-0.15, -0.1) is 0 Å². The normalized spacial score (nSPS) is 18.4. The van der Waals surface area contributed by atoms with Crippen molar-refractivity contribution in [2.75, 3.05) is 18.4 Å². The predicted octanol–water partition coefficient (Wildman–Crippen LogP) is 2.21. The number of hydrogen-bond donors (Lipinski definition) is 2. The Balaban J connectivity index is 1.51. The van der Waals surface area contributed by atoms with Crippen LogP contribution in [-0.2, 0) is 14.8 Å². The van der Waals surface area contributed by atoms with Gasteiger partial charge in [0.15, 0.2) is 5.76 Å². The Kier molecular flexibility index (Phi) is 4.68. The van der Waals surface area contributed by atoms with Crippen molar-refractivity contribution >= 4 is 32.9 Å². The topological polar surface area (TPSA) is 121 Å². The Labute approximate surface area is 162 Å². The number of nitrogens with one attached hydrogen (secondary N) is 2. The molecule has 28 heavy (non-hydrogen) atoms. The lowest BCUT2D eigenvalue weighted by atomic mass is 9.99. The molecular formula is C18H21N5O4S. The smallest absolute Gasteiger partial charge is 0.248 e. The monoisotopic (exact) mass is 403 g/mol. The summed E-state index contributed by atoms with van der Waals surface area (Å²) in [5.41, 5.74) is 1.90. The number of benzene rings is 1. The first-order chi connectivity index (χ1) is 13.4. The van der Waals surface area contributed by atoms with E-state index in [1.165, 1.54) is 4.31 Å². The molecule has 0 saturated carbocycles. The molecule has 1 saturated heterocycles. The van der Waals surface area contributed by atoms with Crippen molar-refractivity contribution in [2.45, 2.75) is 31.6 Å². The lowest BCUT2D eigenvalue weighted by Gasteiger charge is -2.30. The van der Waals surface area contributed by atoms with E-state index in [9.17, 15) is 13.2 Å². The second-order valence-corrected chi connectivity index (χ2v) is 8.82. The highest BCUT2D eigenvalue weighted by molar-refractivity contribution is 7.89. The SMILES string of the molecule is Cc1noc(C)c1S(=O)(=O)N1CCC[C@@H](C(=O)Nc2nc3ccccc3[nH]2)C1. The van der Waals surface area contributed by atoms with Crippen LogP contribution >= 0.6 is 0 Å². The number of amides is 1. The average molecular weight is 403 g/mol. The zero-order valence-corrected chi connectivity index (χ0v) is 16.4. The van der Waals surface area contributed by atoms with E-state index in [-0.39, 0.29) is 23.1 Å². The molecule has 1 fully saturated rings. The summed E-state index contributed by atoms with van der Waals surface area (Å²) in [7, 11) is -3.77. The van der Waals surface area contributed by atoms with Gasteiger partial charge in [0, 0.05) is 13.1 Å². The number of carbonyl (C=O) groups excluding carboxylic acids is 1. The molecule has 1 aromatic carbocycles. The third kappa shape index (κ3) is 3.29. The standard InChI is InChI=1S/C18H21N5O4S/c1-11-16(12(2)27-22-11)28(25,26)23-9-5-6-13(10-23)17(24)21-18-19-14-7-3-4-8-15(14)20-18/h3-4,7-8,13H,5-6,9-10H2,1-2H3,(H2,19,20,21,24)/t13-/m1/s1. The maximum atomic E-state index is 13.0. The van der Waals surface area contributed by atoms with Gasteiger partial charge in [-0.25, -0.2) is 13.4 Å². The maximum Gasteiger partial charge on any atom is 0.248 e. The molecular weight excluding hydrogens is 382 g/mol. The number of piperidine rings is 1. The zero-order chi connectivity index (χ0) is 19.9. The number of aryl methyl sites for hydroxylation is 2. The summed E-state index contributed by atoms with van der Waals surface area (Å²) in [6, 6.07) is 7.47. The largest absolute Gasteiger partial charge is 0.360 e. The molecule has 0 radical (unpaired) electrons. The average Bonchev–Trinajstić information content (AvgIpc) is 3.24. The minimum Gasteiger partial charge on any atom is -0.360 e. The number of para-hydroxylation sites is 2. The molecule has 2 aromatic heterocycles. The van der Waals surface area contributed by atoms with Gasteiger partial charge in [0.25, 0.3) is 0 Å². The lowest BCUT2D eigenvalue weighted by molar-refractivity contribution is -0.120. The molecule has 1 aliphatic heterocycles. The number of H-pyrrole nitrogens is 1. The van der Waals surface area contributed by atoms with E-state index >= 15 is 0 Å². The highest BCUT2D eigenvalue weighted by Gasteiger charge is 2.36. The number of carbonyl (C=O) groups is 1. The minimum atomic E-state index is -3.77. The number of sulfonamides is 1. The van der Waals surface area contributed by atoms with Crippen molar-refractivity contribution in [3.05, 3.63) is 35.7 Å². The Hall–Kier alpha value is -2.72. The Morgan fingerprint density at radius 3 is 2.82 bits per heavy atom. The minimum absolute atomic E-state index is 0.0887. The molecule has 2 N–H and O–H groups in total. The van der Waals surface area contributed by atoms with Crippen molar-refractivity contribution in [3.63, 3.8) is 0 Å². The van der Waals surface area contributed by atoms with Crippen LogP contribution in [0.15, 0.2) is 33.7 Å². The molecule has 148 valence electrons. The molecule has 1 aliphatic rings. The van der Waals surface area contributed by atoms with Crippen LogP contribution in [0, 0.1) is 19.8 Å². The summed E-state index contributed by atoms with van der Waals surface area (Å²) in [6.45, 7) is 3.64. The number of fused-ring (bicyclic) bond motifs is 1. The number of hydrogen-bond acceptors (Lipinski definition) is 6. The number of imidazole rings is 1. The molecule has 0 aliphatic carbocycles. The third-order valence-electron chi connectivity index (χ3n) is 4.95. The Morgan fingerprint density at radius 2 is 2.11 bits per heavy atom. The maximum absolute atomic E-state index is 13.0. The van der Waals surface area contributed by atoms with Crippen molar-refractivity contribution in [1.82, 2.24) is 19.4 Å². The van der Waals surface area contributed by atoms with Crippen molar-refractivity contribution in [1.29, 1.82) is 0 Å². The number of nitrogens with zero attached hydrogens (tertiary/aromatic N) is 3.